The van der Waals surface area contributed by atoms with Crippen LogP contribution in [0.3, 0.4) is 0 Å². The molecule has 0 bridgehead atoms. The summed E-state index contributed by atoms with van der Waals surface area (Å²) in [5, 5.41) is 19.2. The van der Waals surface area contributed by atoms with Gasteiger partial charge in [-0.05, 0) is 38.5 Å². The average molecular weight is 403 g/mol. The Labute approximate surface area is 171 Å². The molecule has 0 saturated carbocycles. The lowest BCUT2D eigenvalue weighted by Gasteiger charge is -2.40. The summed E-state index contributed by atoms with van der Waals surface area (Å²) in [7, 11) is 0. The van der Waals surface area contributed by atoms with Gasteiger partial charge in [-0.2, -0.15) is 0 Å². The molecule has 0 spiro atoms. The maximum atomic E-state index is 12.4. The maximum Gasteiger partial charge on any atom is 0.314 e. The van der Waals surface area contributed by atoms with Gasteiger partial charge < -0.3 is 19.7 Å². The molecular weight excluding hydrogens is 360 g/mol. The number of carboxylic acid groups (broad SMARTS) is 2. The molecule has 0 aliphatic heterocycles. The molecule has 0 amide bonds. The average Bonchev–Trinajstić information content (AvgIpc) is 2.66. The second-order valence-corrected chi connectivity index (χ2v) is 7.91. The van der Waals surface area contributed by atoms with Crippen molar-refractivity contribution in [3.05, 3.63) is 0 Å². The van der Waals surface area contributed by atoms with Crippen molar-refractivity contribution < 1.29 is 29.3 Å². The molecule has 0 rings (SSSR count). The van der Waals surface area contributed by atoms with Crippen molar-refractivity contribution in [3.8, 4) is 0 Å². The largest absolute Gasteiger partial charge is 0.481 e. The summed E-state index contributed by atoms with van der Waals surface area (Å²) in [6, 6.07) is 0. The fraction of sp³-hybridized carbons (Fsp3) is 0.909. The van der Waals surface area contributed by atoms with E-state index in [1.54, 1.807) is 13.8 Å². The third-order valence-corrected chi connectivity index (χ3v) is 6.30. The zero-order valence-electron chi connectivity index (χ0n) is 18.7. The number of carboxylic acids is 2. The predicted octanol–water partition coefficient (Wildman–Crippen LogP) is 4.99. The van der Waals surface area contributed by atoms with Crippen molar-refractivity contribution in [1.82, 2.24) is 0 Å². The van der Waals surface area contributed by atoms with Crippen LogP contribution < -0.4 is 0 Å². The molecule has 6 heteroatoms. The van der Waals surface area contributed by atoms with E-state index in [1.165, 1.54) is 0 Å². The van der Waals surface area contributed by atoms with E-state index in [4.69, 9.17) is 14.6 Å². The SMILES string of the molecule is CCC(CC)COC(C)C(CCCC(=O)O)(C(=O)O)C(C)OCC(CC)CC. The van der Waals surface area contributed by atoms with Crippen LogP contribution in [0, 0.1) is 17.3 Å². The van der Waals surface area contributed by atoms with Crippen LogP contribution in [-0.2, 0) is 19.1 Å². The van der Waals surface area contributed by atoms with E-state index in [2.05, 4.69) is 27.7 Å². The first kappa shape index (κ1) is 26.9. The quantitative estimate of drug-likeness (QED) is 0.356. The van der Waals surface area contributed by atoms with Crippen LogP contribution in [-0.4, -0.2) is 47.6 Å². The third kappa shape index (κ3) is 8.08. The number of rotatable bonds is 17. The Kier molecular flexibility index (Phi) is 13.4. The Morgan fingerprint density at radius 3 is 1.50 bits per heavy atom. The van der Waals surface area contributed by atoms with E-state index in [9.17, 15) is 14.7 Å². The van der Waals surface area contributed by atoms with E-state index in [-0.39, 0.29) is 19.3 Å². The maximum absolute atomic E-state index is 12.4. The van der Waals surface area contributed by atoms with Gasteiger partial charge in [0.2, 0.25) is 0 Å². The van der Waals surface area contributed by atoms with E-state index in [1.807, 2.05) is 0 Å². The standard InChI is InChI=1S/C22H42O6/c1-7-18(8-2)14-27-16(5)22(21(25)26,13-11-12-20(23)24)17(6)28-15-19(9-3)10-4/h16-19H,7-15H2,1-6H3,(H,23,24)(H,25,26). The Morgan fingerprint density at radius 2 is 1.21 bits per heavy atom. The van der Waals surface area contributed by atoms with Crippen LogP contribution >= 0.6 is 0 Å². The summed E-state index contributed by atoms with van der Waals surface area (Å²) in [6.07, 6.45) is 3.18. The summed E-state index contributed by atoms with van der Waals surface area (Å²) < 4.78 is 12.1. The molecule has 2 N–H and O–H groups in total. The topological polar surface area (TPSA) is 93.1 Å². The number of hydrogen-bond donors (Lipinski definition) is 2. The molecule has 0 aliphatic carbocycles. The predicted molar refractivity (Wildman–Crippen MR) is 111 cm³/mol. The van der Waals surface area contributed by atoms with E-state index >= 15 is 0 Å². The van der Waals surface area contributed by atoms with Crippen LogP contribution in [0.25, 0.3) is 0 Å². The van der Waals surface area contributed by atoms with Gasteiger partial charge in [-0.1, -0.05) is 53.4 Å². The molecule has 166 valence electrons. The van der Waals surface area contributed by atoms with Crippen LogP contribution in [0.1, 0.15) is 86.5 Å². The van der Waals surface area contributed by atoms with Gasteiger partial charge in [0.15, 0.2) is 0 Å². The minimum absolute atomic E-state index is 0.0619. The monoisotopic (exact) mass is 402 g/mol. The number of ether oxygens (including phenoxy) is 2. The Bertz CT molecular complexity index is 420. The van der Waals surface area contributed by atoms with Crippen molar-refractivity contribution >= 4 is 11.9 Å². The first-order valence-corrected chi connectivity index (χ1v) is 10.9. The fourth-order valence-corrected chi connectivity index (χ4v) is 3.63. The number of hydrogen-bond acceptors (Lipinski definition) is 4. The zero-order valence-corrected chi connectivity index (χ0v) is 18.7. The molecule has 0 aromatic heterocycles. The molecule has 0 aromatic carbocycles. The van der Waals surface area contributed by atoms with Crippen LogP contribution in [0.5, 0.6) is 0 Å². The van der Waals surface area contributed by atoms with Crippen molar-refractivity contribution in [2.75, 3.05) is 13.2 Å². The molecule has 0 fully saturated rings. The lowest BCUT2D eigenvalue weighted by atomic mass is 9.73. The molecule has 2 unspecified atom stereocenters. The molecule has 0 aromatic rings. The van der Waals surface area contributed by atoms with Gasteiger partial charge in [0.1, 0.15) is 5.41 Å². The van der Waals surface area contributed by atoms with Gasteiger partial charge in [0, 0.05) is 19.6 Å². The van der Waals surface area contributed by atoms with Crippen LogP contribution in [0.4, 0.5) is 0 Å². The second-order valence-electron chi connectivity index (χ2n) is 7.91. The molecule has 0 aliphatic rings. The van der Waals surface area contributed by atoms with Crippen molar-refractivity contribution in [1.29, 1.82) is 0 Å². The smallest absolute Gasteiger partial charge is 0.314 e. The van der Waals surface area contributed by atoms with Gasteiger partial charge in [-0.25, -0.2) is 0 Å². The van der Waals surface area contributed by atoms with E-state index in [0.29, 0.717) is 25.0 Å². The summed E-state index contributed by atoms with van der Waals surface area (Å²) in [5.41, 5.74) is -1.27. The van der Waals surface area contributed by atoms with Crippen LogP contribution in [0.15, 0.2) is 0 Å². The van der Waals surface area contributed by atoms with Crippen molar-refractivity contribution in [3.63, 3.8) is 0 Å². The Balaban J connectivity index is 5.47. The van der Waals surface area contributed by atoms with Crippen molar-refractivity contribution in [2.45, 2.75) is 98.7 Å². The molecule has 0 radical (unpaired) electrons. The normalized spacial score (nSPS) is 16.1. The highest BCUT2D eigenvalue weighted by Gasteiger charge is 2.49. The van der Waals surface area contributed by atoms with E-state index in [0.717, 1.165) is 25.7 Å². The molecule has 6 nitrogen and oxygen atoms in total. The van der Waals surface area contributed by atoms with Crippen LogP contribution in [0.2, 0.25) is 0 Å². The highest BCUT2D eigenvalue weighted by atomic mass is 16.5. The minimum Gasteiger partial charge on any atom is -0.481 e. The molecule has 2 atom stereocenters. The van der Waals surface area contributed by atoms with E-state index < -0.39 is 29.6 Å². The highest BCUT2D eigenvalue weighted by Crippen LogP contribution is 2.38. The summed E-state index contributed by atoms with van der Waals surface area (Å²) in [5.74, 6) is -1.13. The lowest BCUT2D eigenvalue weighted by Crippen LogP contribution is -2.52. The van der Waals surface area contributed by atoms with Crippen molar-refractivity contribution in [2.24, 2.45) is 17.3 Å². The van der Waals surface area contributed by atoms with Gasteiger partial charge in [-0.3, -0.25) is 9.59 Å². The molecule has 0 saturated heterocycles. The second kappa shape index (κ2) is 13.9. The molecular formula is C22H42O6. The molecule has 28 heavy (non-hydrogen) atoms. The van der Waals surface area contributed by atoms with Gasteiger partial charge in [0.25, 0.3) is 0 Å². The summed E-state index contributed by atoms with van der Waals surface area (Å²) >= 11 is 0. The lowest BCUT2D eigenvalue weighted by molar-refractivity contribution is -0.181. The van der Waals surface area contributed by atoms with Gasteiger partial charge in [0.05, 0.1) is 12.2 Å². The van der Waals surface area contributed by atoms with Gasteiger partial charge >= 0.3 is 11.9 Å². The van der Waals surface area contributed by atoms with Gasteiger partial charge in [-0.15, -0.1) is 0 Å². The Morgan fingerprint density at radius 1 is 0.821 bits per heavy atom. The zero-order chi connectivity index (χ0) is 21.7. The molecule has 0 heterocycles. The first-order valence-electron chi connectivity index (χ1n) is 10.9. The third-order valence-electron chi connectivity index (χ3n) is 6.30. The minimum atomic E-state index is -1.27. The fourth-order valence-electron chi connectivity index (χ4n) is 3.63. The highest BCUT2D eigenvalue weighted by molar-refractivity contribution is 5.76. The number of carbonyl (C=O) groups is 2. The summed E-state index contributed by atoms with van der Waals surface area (Å²) in [6.45, 7) is 13.0. The summed E-state index contributed by atoms with van der Waals surface area (Å²) in [4.78, 5) is 23.4. The first-order chi connectivity index (χ1) is 13.2. The number of aliphatic carboxylic acids is 2. The Hall–Kier alpha value is -1.14.